The van der Waals surface area contributed by atoms with E-state index in [0.29, 0.717) is 6.04 Å². The standard InChI is InChI=1S/C24H25FN4S/c1-16-14-20-22(28-30-16)19-7-4-5-11-27-23(19)24(20)29-13-12-26-18(15-29)10-9-17-6-2-3-8-21(17)25/h2-8,11,14,18,26,28H,9-10,12-13,15H2,1H3/t18-/m0/s1. The molecule has 4 aliphatic rings. The van der Waals surface area contributed by atoms with Crippen molar-refractivity contribution in [1.82, 2.24) is 10.3 Å². The predicted octanol–water partition coefficient (Wildman–Crippen LogP) is 5.17. The van der Waals surface area contributed by atoms with Crippen molar-refractivity contribution in [1.29, 1.82) is 0 Å². The van der Waals surface area contributed by atoms with Crippen molar-refractivity contribution >= 4 is 29.4 Å². The van der Waals surface area contributed by atoms with Crippen LogP contribution in [0, 0.1) is 5.82 Å². The minimum absolute atomic E-state index is 0.109. The van der Waals surface area contributed by atoms with Crippen LogP contribution in [0.4, 0.5) is 15.8 Å². The maximum Gasteiger partial charge on any atom is 0.126 e. The molecule has 4 nitrogen and oxygen atoms in total. The molecule has 6 heteroatoms. The van der Waals surface area contributed by atoms with E-state index in [0.717, 1.165) is 55.0 Å². The minimum Gasteiger partial charge on any atom is -0.366 e. The van der Waals surface area contributed by atoms with E-state index >= 15 is 0 Å². The fourth-order valence-electron chi connectivity index (χ4n) is 4.44. The first-order valence-electron chi connectivity index (χ1n) is 10.4. The van der Waals surface area contributed by atoms with E-state index in [4.69, 9.17) is 4.98 Å². The summed E-state index contributed by atoms with van der Waals surface area (Å²) in [7, 11) is 0. The summed E-state index contributed by atoms with van der Waals surface area (Å²) in [4.78, 5) is 8.49. The van der Waals surface area contributed by atoms with Gasteiger partial charge in [-0.3, -0.25) is 4.98 Å². The molecule has 1 saturated heterocycles. The Balaban J connectivity index is 1.43. The molecule has 1 aliphatic carbocycles. The summed E-state index contributed by atoms with van der Waals surface area (Å²) in [5, 5.41) is 3.62. The van der Waals surface area contributed by atoms with Crippen molar-refractivity contribution in [3.63, 3.8) is 0 Å². The number of fused-ring (bicyclic) bond motifs is 3. The SMILES string of the molecule is CC1=Cc2c(c3ccccnc-3c2N2CCN[C@@H](CCc3ccccc3F)C2)NS1. The topological polar surface area (TPSA) is 40.2 Å². The van der Waals surface area contributed by atoms with Crippen molar-refractivity contribution < 1.29 is 4.39 Å². The van der Waals surface area contributed by atoms with Gasteiger partial charge in [-0.05, 0) is 55.5 Å². The Bertz CT molecular complexity index is 1070. The van der Waals surface area contributed by atoms with Crippen LogP contribution in [0.15, 0.2) is 53.6 Å². The van der Waals surface area contributed by atoms with Gasteiger partial charge < -0.3 is 14.9 Å². The smallest absolute Gasteiger partial charge is 0.126 e. The number of hydrogen-bond acceptors (Lipinski definition) is 5. The Hall–Kier alpha value is -2.57. The van der Waals surface area contributed by atoms with Crippen LogP contribution >= 0.6 is 11.9 Å². The fraction of sp³-hybridized carbons (Fsp3) is 0.292. The lowest BCUT2D eigenvalue weighted by Gasteiger charge is -2.36. The van der Waals surface area contributed by atoms with Gasteiger partial charge in [0, 0.05) is 47.9 Å². The third-order valence-corrected chi connectivity index (χ3v) is 6.64. The molecule has 2 N–H and O–H groups in total. The van der Waals surface area contributed by atoms with E-state index in [9.17, 15) is 4.39 Å². The number of hydrogen-bond donors (Lipinski definition) is 2. The van der Waals surface area contributed by atoms with E-state index in [1.54, 1.807) is 24.1 Å². The lowest BCUT2D eigenvalue weighted by atomic mass is 10.0. The summed E-state index contributed by atoms with van der Waals surface area (Å²) in [5.41, 5.74) is 6.58. The summed E-state index contributed by atoms with van der Waals surface area (Å²) < 4.78 is 17.5. The van der Waals surface area contributed by atoms with Gasteiger partial charge in [-0.1, -0.05) is 30.3 Å². The summed E-state index contributed by atoms with van der Waals surface area (Å²) in [6.07, 6.45) is 5.79. The van der Waals surface area contributed by atoms with E-state index in [1.807, 2.05) is 30.5 Å². The lowest BCUT2D eigenvalue weighted by Crippen LogP contribution is -2.51. The molecule has 0 radical (unpaired) electrons. The van der Waals surface area contributed by atoms with Gasteiger partial charge >= 0.3 is 0 Å². The van der Waals surface area contributed by atoms with Crippen molar-refractivity contribution in [2.45, 2.75) is 25.8 Å². The van der Waals surface area contributed by atoms with Crippen LogP contribution in [0.1, 0.15) is 24.5 Å². The first kappa shape index (κ1) is 19.4. The molecule has 1 fully saturated rings. The van der Waals surface area contributed by atoms with Crippen molar-refractivity contribution in [2.75, 3.05) is 29.3 Å². The Kier molecular flexibility index (Phi) is 5.35. The largest absolute Gasteiger partial charge is 0.366 e. The predicted molar refractivity (Wildman–Crippen MR) is 124 cm³/mol. The number of halogens is 1. The molecular formula is C24H25FN4S. The molecule has 1 atom stereocenters. The minimum atomic E-state index is -0.109. The molecule has 0 saturated carbocycles. The molecule has 0 aromatic heterocycles. The van der Waals surface area contributed by atoms with Gasteiger partial charge in [0.05, 0.1) is 17.1 Å². The average molecular weight is 421 g/mol. The second kappa shape index (κ2) is 8.28. The van der Waals surface area contributed by atoms with Gasteiger partial charge in [0.2, 0.25) is 0 Å². The molecule has 0 spiro atoms. The zero-order chi connectivity index (χ0) is 20.5. The van der Waals surface area contributed by atoms with Crippen molar-refractivity contribution in [3.8, 4) is 11.3 Å². The number of aromatic nitrogens is 1. The number of aryl methyl sites for hydroxylation is 1. The van der Waals surface area contributed by atoms with Gasteiger partial charge in [-0.2, -0.15) is 0 Å². The first-order chi connectivity index (χ1) is 14.7. The summed E-state index contributed by atoms with van der Waals surface area (Å²) >= 11 is 1.66. The zero-order valence-electron chi connectivity index (χ0n) is 17.0. The van der Waals surface area contributed by atoms with Crippen molar-refractivity contribution in [3.05, 3.63) is 70.5 Å². The second-order valence-corrected chi connectivity index (χ2v) is 8.97. The van der Waals surface area contributed by atoms with Crippen LogP contribution in [-0.2, 0) is 6.42 Å². The Morgan fingerprint density at radius 3 is 2.97 bits per heavy atom. The Labute approximate surface area is 181 Å². The fourth-order valence-corrected chi connectivity index (χ4v) is 5.10. The zero-order valence-corrected chi connectivity index (χ0v) is 17.8. The van der Waals surface area contributed by atoms with Gasteiger partial charge in [0.25, 0.3) is 0 Å². The maximum absolute atomic E-state index is 14.0. The van der Waals surface area contributed by atoms with Crippen LogP contribution in [0.5, 0.6) is 0 Å². The molecule has 5 rings (SSSR count). The van der Waals surface area contributed by atoms with Gasteiger partial charge in [-0.15, -0.1) is 0 Å². The van der Waals surface area contributed by atoms with Crippen LogP contribution in [0.2, 0.25) is 0 Å². The van der Waals surface area contributed by atoms with E-state index in [-0.39, 0.29) is 5.82 Å². The van der Waals surface area contributed by atoms with Gasteiger partial charge in [0.1, 0.15) is 5.82 Å². The highest BCUT2D eigenvalue weighted by Gasteiger charge is 2.31. The molecule has 1 aromatic rings. The number of nitrogens with one attached hydrogen (secondary N) is 2. The molecule has 0 amide bonds. The third kappa shape index (κ3) is 3.66. The molecule has 0 bridgehead atoms. The molecular weight excluding hydrogens is 395 g/mol. The van der Waals surface area contributed by atoms with Crippen LogP contribution < -0.4 is 14.9 Å². The number of allylic oxidation sites excluding steroid dienone is 1. The van der Waals surface area contributed by atoms with Crippen LogP contribution in [0.25, 0.3) is 17.3 Å². The summed E-state index contributed by atoms with van der Waals surface area (Å²) in [6.45, 7) is 4.86. The first-order valence-corrected chi connectivity index (χ1v) is 11.3. The maximum atomic E-state index is 14.0. The number of rotatable bonds is 4. The molecule has 0 unspecified atom stereocenters. The van der Waals surface area contributed by atoms with Crippen LogP contribution in [0.3, 0.4) is 0 Å². The highest BCUT2D eigenvalue weighted by molar-refractivity contribution is 8.04. The summed E-state index contributed by atoms with van der Waals surface area (Å²) in [6, 6.07) is 13.6. The van der Waals surface area contributed by atoms with Crippen LogP contribution in [-0.4, -0.2) is 30.7 Å². The van der Waals surface area contributed by atoms with Crippen molar-refractivity contribution in [2.24, 2.45) is 0 Å². The van der Waals surface area contributed by atoms with E-state index in [2.05, 4.69) is 34.0 Å². The number of piperazine rings is 1. The van der Waals surface area contributed by atoms with E-state index in [1.165, 1.54) is 16.2 Å². The number of benzene rings is 1. The molecule has 30 heavy (non-hydrogen) atoms. The highest BCUT2D eigenvalue weighted by Crippen LogP contribution is 2.50. The molecule has 3 aliphatic heterocycles. The molecule has 1 aromatic carbocycles. The normalized spacial score (nSPS) is 18.7. The highest BCUT2D eigenvalue weighted by atomic mass is 32.2. The average Bonchev–Trinajstić information content (AvgIpc) is 2.88. The number of nitrogens with zero attached hydrogens (tertiary/aromatic N) is 2. The Morgan fingerprint density at radius 2 is 2.07 bits per heavy atom. The molecule has 154 valence electrons. The summed E-state index contributed by atoms with van der Waals surface area (Å²) in [5.74, 6) is -0.109. The molecule has 3 heterocycles. The third-order valence-electron chi connectivity index (χ3n) is 5.89. The van der Waals surface area contributed by atoms with Gasteiger partial charge in [-0.25, -0.2) is 4.39 Å². The quantitative estimate of drug-likeness (QED) is 0.570. The monoisotopic (exact) mass is 420 g/mol. The Morgan fingerprint density at radius 1 is 1.20 bits per heavy atom. The van der Waals surface area contributed by atoms with Gasteiger partial charge in [0.15, 0.2) is 0 Å². The van der Waals surface area contributed by atoms with E-state index < -0.39 is 0 Å². The second-order valence-electron chi connectivity index (χ2n) is 7.92. The number of anilines is 2. The lowest BCUT2D eigenvalue weighted by molar-refractivity contribution is 0.431.